The van der Waals surface area contributed by atoms with E-state index in [1.165, 1.54) is 11.1 Å². The van der Waals surface area contributed by atoms with Gasteiger partial charge >= 0.3 is 0 Å². The third-order valence-electron chi connectivity index (χ3n) is 5.50. The van der Waals surface area contributed by atoms with Gasteiger partial charge in [-0.2, -0.15) is 5.26 Å². The van der Waals surface area contributed by atoms with Crippen molar-refractivity contribution in [2.75, 3.05) is 0 Å². The van der Waals surface area contributed by atoms with Crippen LogP contribution in [0.3, 0.4) is 0 Å². The minimum absolute atomic E-state index is 0.0569. The highest BCUT2D eigenvalue weighted by Gasteiger charge is 2.40. The molecule has 4 rings (SSSR count). The van der Waals surface area contributed by atoms with Crippen molar-refractivity contribution in [1.29, 1.82) is 10.7 Å². The number of hydrogen-bond donors (Lipinski definition) is 2. The Morgan fingerprint density at radius 3 is 2.63 bits per heavy atom. The molecule has 0 aliphatic carbocycles. The van der Waals surface area contributed by atoms with E-state index in [2.05, 4.69) is 42.2 Å². The predicted molar refractivity (Wildman–Crippen MR) is 120 cm³/mol. The van der Waals surface area contributed by atoms with Gasteiger partial charge in [0.25, 0.3) is 0 Å². The van der Waals surface area contributed by atoms with Gasteiger partial charge in [-0.3, -0.25) is 10.5 Å². The summed E-state index contributed by atoms with van der Waals surface area (Å²) in [5, 5.41) is 25.9. The van der Waals surface area contributed by atoms with Crippen LogP contribution in [0.5, 0.6) is 5.88 Å². The Morgan fingerprint density at radius 1 is 1.20 bits per heavy atom. The molecule has 2 heterocycles. The minimum atomic E-state index is -0.688. The zero-order chi connectivity index (χ0) is 21.4. The summed E-state index contributed by atoms with van der Waals surface area (Å²) in [4.78, 5) is 1.15. The SMILES string of the molecule is Cc1cc(C)c(C2c3c(n[nH]c3C)OC(=N)C2C#N)cc1CSc1ccc(Cl)cc1. The molecule has 0 fully saturated rings. The van der Waals surface area contributed by atoms with Crippen molar-refractivity contribution in [2.24, 2.45) is 5.92 Å². The molecule has 1 aliphatic rings. The highest BCUT2D eigenvalue weighted by molar-refractivity contribution is 7.98. The number of halogens is 1. The van der Waals surface area contributed by atoms with Crippen molar-refractivity contribution in [2.45, 2.75) is 37.3 Å². The van der Waals surface area contributed by atoms with Gasteiger partial charge in [-0.15, -0.1) is 16.9 Å². The standard InChI is InChI=1S/C23H21ClN4OS/c1-12-8-13(2)18(9-15(12)11-30-17-6-4-16(24)5-7-17)21-19(10-25)22(26)29-23-20(21)14(3)27-28-23/h4-9,19,21,26H,11H2,1-3H3,(H,27,28). The third-order valence-corrected chi connectivity index (χ3v) is 6.81. The molecule has 0 saturated heterocycles. The number of nitrogens with zero attached hydrogens (tertiary/aromatic N) is 2. The molecule has 2 unspecified atom stereocenters. The number of fused-ring (bicyclic) bond motifs is 1. The molecule has 30 heavy (non-hydrogen) atoms. The molecule has 2 N–H and O–H groups in total. The summed E-state index contributed by atoms with van der Waals surface area (Å²) in [5.41, 5.74) is 6.27. The van der Waals surface area contributed by atoms with Gasteiger partial charge in [-0.25, -0.2) is 0 Å². The molecule has 0 spiro atoms. The summed E-state index contributed by atoms with van der Waals surface area (Å²) < 4.78 is 5.52. The quantitative estimate of drug-likeness (QED) is 0.497. The van der Waals surface area contributed by atoms with Gasteiger partial charge in [0.15, 0.2) is 0 Å². The Balaban J connectivity index is 1.74. The number of hydrogen-bond acceptors (Lipinski definition) is 5. The molecule has 0 saturated carbocycles. The fourth-order valence-corrected chi connectivity index (χ4v) is 5.00. The van der Waals surface area contributed by atoms with Gasteiger partial charge in [0, 0.05) is 32.8 Å². The third kappa shape index (κ3) is 3.71. The van der Waals surface area contributed by atoms with Crippen molar-refractivity contribution in [3.63, 3.8) is 0 Å². The van der Waals surface area contributed by atoms with Crippen molar-refractivity contribution in [3.05, 3.63) is 74.9 Å². The number of nitriles is 1. The lowest BCUT2D eigenvalue weighted by Gasteiger charge is -2.29. The predicted octanol–water partition coefficient (Wildman–Crippen LogP) is 5.92. The van der Waals surface area contributed by atoms with Crippen LogP contribution >= 0.6 is 23.4 Å². The van der Waals surface area contributed by atoms with Crippen LogP contribution in [0.15, 0.2) is 41.3 Å². The summed E-state index contributed by atoms with van der Waals surface area (Å²) in [7, 11) is 0. The highest BCUT2D eigenvalue weighted by Crippen LogP contribution is 2.44. The number of nitrogens with one attached hydrogen (secondary N) is 2. The first kappa shape index (κ1) is 20.5. The summed E-state index contributed by atoms with van der Waals surface area (Å²) in [6.45, 7) is 6.09. The summed E-state index contributed by atoms with van der Waals surface area (Å²) in [5.74, 6) is 0.164. The molecule has 0 amide bonds. The van der Waals surface area contributed by atoms with Gasteiger partial charge in [0.05, 0.1) is 6.07 Å². The van der Waals surface area contributed by atoms with Gasteiger partial charge in [-0.05, 0) is 67.3 Å². The molecule has 0 bridgehead atoms. The molecule has 3 aromatic rings. The van der Waals surface area contributed by atoms with E-state index in [9.17, 15) is 5.26 Å². The number of thioether (sulfide) groups is 1. The van der Waals surface area contributed by atoms with Crippen LogP contribution in [0.2, 0.25) is 5.02 Å². The fourth-order valence-electron chi connectivity index (χ4n) is 3.91. The lowest BCUT2D eigenvalue weighted by Crippen LogP contribution is -2.31. The average molecular weight is 437 g/mol. The van der Waals surface area contributed by atoms with Gasteiger partial charge in [0.2, 0.25) is 11.8 Å². The Kier molecular flexibility index (Phi) is 5.59. The molecule has 152 valence electrons. The van der Waals surface area contributed by atoms with E-state index in [1.54, 1.807) is 11.8 Å². The summed E-state index contributed by atoms with van der Waals surface area (Å²) >= 11 is 7.74. The maximum absolute atomic E-state index is 9.82. The number of rotatable bonds is 4. The van der Waals surface area contributed by atoms with Crippen LogP contribution < -0.4 is 4.74 Å². The van der Waals surface area contributed by atoms with Crippen molar-refractivity contribution in [3.8, 4) is 11.9 Å². The average Bonchev–Trinajstić information content (AvgIpc) is 3.08. The second-order valence-corrected chi connectivity index (χ2v) is 8.98. The highest BCUT2D eigenvalue weighted by atomic mass is 35.5. The smallest absolute Gasteiger partial charge is 0.243 e. The van der Waals surface area contributed by atoms with Crippen LogP contribution in [0.25, 0.3) is 0 Å². The van der Waals surface area contributed by atoms with Crippen molar-refractivity contribution >= 4 is 29.3 Å². The van der Waals surface area contributed by atoms with E-state index >= 15 is 0 Å². The lowest BCUT2D eigenvalue weighted by atomic mass is 9.77. The first-order valence-corrected chi connectivity index (χ1v) is 10.9. The topological polar surface area (TPSA) is 85.5 Å². The second-order valence-electron chi connectivity index (χ2n) is 7.50. The molecule has 1 aromatic heterocycles. The summed E-state index contributed by atoms with van der Waals surface area (Å²) in [6, 6.07) is 14.4. The maximum atomic E-state index is 9.82. The van der Waals surface area contributed by atoms with Crippen LogP contribution in [-0.4, -0.2) is 16.1 Å². The summed E-state index contributed by atoms with van der Waals surface area (Å²) in [6.07, 6.45) is 0. The number of ether oxygens (including phenoxy) is 1. The first-order chi connectivity index (χ1) is 14.4. The molecular weight excluding hydrogens is 416 g/mol. The second kappa shape index (κ2) is 8.17. The molecule has 0 radical (unpaired) electrons. The van der Waals surface area contributed by atoms with E-state index in [4.69, 9.17) is 21.7 Å². The van der Waals surface area contributed by atoms with Crippen LogP contribution in [0, 0.1) is 43.4 Å². The molecule has 7 heteroatoms. The molecular formula is C23H21ClN4OS. The molecule has 2 atom stereocenters. The monoisotopic (exact) mass is 436 g/mol. The van der Waals surface area contributed by atoms with Crippen LogP contribution in [-0.2, 0) is 5.75 Å². The number of aromatic amines is 1. The minimum Gasteiger partial charge on any atom is -0.422 e. The largest absolute Gasteiger partial charge is 0.422 e. The van der Waals surface area contributed by atoms with E-state index in [0.29, 0.717) is 5.88 Å². The van der Waals surface area contributed by atoms with Gasteiger partial charge in [-0.1, -0.05) is 23.7 Å². The van der Waals surface area contributed by atoms with E-state index in [0.717, 1.165) is 38.1 Å². The zero-order valence-electron chi connectivity index (χ0n) is 16.9. The van der Waals surface area contributed by atoms with E-state index in [1.807, 2.05) is 31.2 Å². The maximum Gasteiger partial charge on any atom is 0.243 e. The number of aryl methyl sites for hydroxylation is 3. The van der Waals surface area contributed by atoms with Gasteiger partial charge < -0.3 is 4.74 Å². The molecule has 1 aliphatic heterocycles. The van der Waals surface area contributed by atoms with E-state index < -0.39 is 5.92 Å². The molecule has 2 aromatic carbocycles. The molecule has 5 nitrogen and oxygen atoms in total. The van der Waals surface area contributed by atoms with E-state index in [-0.39, 0.29) is 11.8 Å². The fraction of sp³-hybridized carbons (Fsp3) is 0.261. The van der Waals surface area contributed by atoms with Crippen molar-refractivity contribution in [1.82, 2.24) is 10.2 Å². The van der Waals surface area contributed by atoms with Crippen LogP contribution in [0.1, 0.15) is 39.4 Å². The normalized spacial score (nSPS) is 17.9. The Bertz CT molecular complexity index is 1160. The Labute approximate surface area is 184 Å². The number of benzene rings is 2. The van der Waals surface area contributed by atoms with Crippen molar-refractivity contribution < 1.29 is 4.74 Å². The Morgan fingerprint density at radius 2 is 1.93 bits per heavy atom. The number of H-pyrrole nitrogens is 1. The lowest BCUT2D eigenvalue weighted by molar-refractivity contribution is 0.436. The van der Waals surface area contributed by atoms with Gasteiger partial charge in [0.1, 0.15) is 5.92 Å². The zero-order valence-corrected chi connectivity index (χ0v) is 18.5. The number of aromatic nitrogens is 2. The first-order valence-electron chi connectivity index (χ1n) is 9.58. The van der Waals surface area contributed by atoms with Crippen LogP contribution in [0.4, 0.5) is 0 Å². The Hall–Kier alpha value is -2.75.